The molecule has 1 fully saturated rings. The number of aryl methyl sites for hydroxylation is 1. The number of nitrogens with one attached hydrogen (secondary N) is 1. The molecule has 0 aliphatic carbocycles. The van der Waals surface area contributed by atoms with E-state index < -0.39 is 0 Å². The molecule has 0 bridgehead atoms. The van der Waals surface area contributed by atoms with E-state index in [9.17, 15) is 0 Å². The molecule has 5 heteroatoms. The van der Waals surface area contributed by atoms with Crippen LogP contribution in [0.2, 0.25) is 0 Å². The third-order valence-corrected chi connectivity index (χ3v) is 2.93. The Hall–Kier alpha value is -0.940. The van der Waals surface area contributed by atoms with Crippen LogP contribution in [0.5, 0.6) is 0 Å². The van der Waals surface area contributed by atoms with Crippen molar-refractivity contribution >= 4 is 0 Å². The maximum atomic E-state index is 8.85. The van der Waals surface area contributed by atoms with Crippen LogP contribution in [0.4, 0.5) is 0 Å². The van der Waals surface area contributed by atoms with Gasteiger partial charge < -0.3 is 15.0 Å². The lowest BCUT2D eigenvalue weighted by molar-refractivity contribution is 0.278. The number of hydrogen-bond donors (Lipinski definition) is 2. The molecular formula is C10H18N4O. The third-order valence-electron chi connectivity index (χ3n) is 2.93. The van der Waals surface area contributed by atoms with Crippen molar-refractivity contribution in [3.63, 3.8) is 0 Å². The van der Waals surface area contributed by atoms with Gasteiger partial charge in [-0.1, -0.05) is 0 Å². The standard InChI is InChI=1S/C10H18N4O/c1-8-12-13-10(9-3-4-11-7-9)14(8)5-2-6-15/h9,11,15H,2-7H2,1H3. The highest BCUT2D eigenvalue weighted by Crippen LogP contribution is 2.21. The second kappa shape index (κ2) is 4.72. The summed E-state index contributed by atoms with van der Waals surface area (Å²) in [6.45, 7) is 5.07. The lowest BCUT2D eigenvalue weighted by atomic mass is 10.1. The average molecular weight is 210 g/mol. The first-order valence-corrected chi connectivity index (χ1v) is 5.54. The largest absolute Gasteiger partial charge is 0.396 e. The molecule has 2 rings (SSSR count). The van der Waals surface area contributed by atoms with Crippen molar-refractivity contribution in [2.45, 2.75) is 32.2 Å². The van der Waals surface area contributed by atoms with E-state index in [0.29, 0.717) is 5.92 Å². The van der Waals surface area contributed by atoms with Gasteiger partial charge in [0.15, 0.2) is 0 Å². The Kier molecular flexibility index (Phi) is 3.33. The minimum Gasteiger partial charge on any atom is -0.396 e. The first-order valence-electron chi connectivity index (χ1n) is 5.54. The summed E-state index contributed by atoms with van der Waals surface area (Å²) in [4.78, 5) is 0. The van der Waals surface area contributed by atoms with Crippen molar-refractivity contribution in [1.29, 1.82) is 0 Å². The molecule has 0 saturated carbocycles. The van der Waals surface area contributed by atoms with Crippen LogP contribution >= 0.6 is 0 Å². The van der Waals surface area contributed by atoms with Gasteiger partial charge in [-0.15, -0.1) is 10.2 Å². The quantitative estimate of drug-likeness (QED) is 0.737. The van der Waals surface area contributed by atoms with Gasteiger partial charge in [0, 0.05) is 25.6 Å². The molecule has 1 atom stereocenters. The highest BCUT2D eigenvalue weighted by Gasteiger charge is 2.22. The molecule has 0 aromatic carbocycles. The first kappa shape index (κ1) is 10.6. The van der Waals surface area contributed by atoms with Crippen molar-refractivity contribution in [3.8, 4) is 0 Å². The number of nitrogens with zero attached hydrogens (tertiary/aromatic N) is 3. The van der Waals surface area contributed by atoms with Gasteiger partial charge in [0.25, 0.3) is 0 Å². The zero-order valence-corrected chi connectivity index (χ0v) is 9.11. The molecule has 1 aromatic rings. The second-order valence-electron chi connectivity index (χ2n) is 4.02. The predicted molar refractivity (Wildman–Crippen MR) is 56.7 cm³/mol. The predicted octanol–water partition coefficient (Wildman–Crippen LogP) is 0.0458. The van der Waals surface area contributed by atoms with Gasteiger partial charge in [0.1, 0.15) is 11.6 Å². The van der Waals surface area contributed by atoms with E-state index in [0.717, 1.165) is 44.1 Å². The molecular weight excluding hydrogens is 192 g/mol. The minimum absolute atomic E-state index is 0.222. The van der Waals surface area contributed by atoms with Crippen LogP contribution in [0.1, 0.15) is 30.4 Å². The fourth-order valence-electron chi connectivity index (χ4n) is 2.08. The smallest absolute Gasteiger partial charge is 0.137 e. The van der Waals surface area contributed by atoms with E-state index in [1.165, 1.54) is 0 Å². The van der Waals surface area contributed by atoms with Gasteiger partial charge in [-0.25, -0.2) is 0 Å². The summed E-state index contributed by atoms with van der Waals surface area (Å²) in [6, 6.07) is 0. The van der Waals surface area contributed by atoms with E-state index in [1.807, 2.05) is 6.92 Å². The number of hydrogen-bond acceptors (Lipinski definition) is 4. The van der Waals surface area contributed by atoms with Gasteiger partial charge in [0.05, 0.1) is 0 Å². The Bertz CT molecular complexity index is 317. The summed E-state index contributed by atoms with van der Waals surface area (Å²) >= 11 is 0. The second-order valence-corrected chi connectivity index (χ2v) is 4.02. The maximum Gasteiger partial charge on any atom is 0.137 e. The van der Waals surface area contributed by atoms with Gasteiger partial charge in [-0.3, -0.25) is 0 Å². The molecule has 1 aliphatic rings. The van der Waals surface area contributed by atoms with Crippen LogP contribution in [0, 0.1) is 6.92 Å². The van der Waals surface area contributed by atoms with Gasteiger partial charge in [-0.2, -0.15) is 0 Å². The third kappa shape index (κ3) is 2.18. The zero-order valence-electron chi connectivity index (χ0n) is 9.11. The number of aliphatic hydroxyl groups excluding tert-OH is 1. The van der Waals surface area contributed by atoms with Crippen LogP contribution in [0.25, 0.3) is 0 Å². The van der Waals surface area contributed by atoms with Crippen molar-refractivity contribution in [3.05, 3.63) is 11.6 Å². The van der Waals surface area contributed by atoms with Crippen LogP contribution < -0.4 is 5.32 Å². The van der Waals surface area contributed by atoms with Crippen LogP contribution in [-0.2, 0) is 6.54 Å². The van der Waals surface area contributed by atoms with E-state index in [2.05, 4.69) is 20.1 Å². The molecule has 15 heavy (non-hydrogen) atoms. The summed E-state index contributed by atoms with van der Waals surface area (Å²) < 4.78 is 2.13. The minimum atomic E-state index is 0.222. The molecule has 84 valence electrons. The number of aromatic nitrogens is 3. The molecule has 2 N–H and O–H groups in total. The lowest BCUT2D eigenvalue weighted by Gasteiger charge is -2.11. The van der Waals surface area contributed by atoms with Crippen molar-refractivity contribution in [1.82, 2.24) is 20.1 Å². The Labute approximate surface area is 89.5 Å². The highest BCUT2D eigenvalue weighted by atomic mass is 16.3. The first-order chi connectivity index (χ1) is 7.33. The van der Waals surface area contributed by atoms with Gasteiger partial charge in [0.2, 0.25) is 0 Å². The van der Waals surface area contributed by atoms with Crippen LogP contribution in [-0.4, -0.2) is 39.6 Å². The Morgan fingerprint density at radius 3 is 3.07 bits per heavy atom. The van der Waals surface area contributed by atoms with Gasteiger partial charge in [-0.05, 0) is 26.3 Å². The van der Waals surface area contributed by atoms with E-state index in [1.54, 1.807) is 0 Å². The average Bonchev–Trinajstić information content (AvgIpc) is 2.84. The zero-order chi connectivity index (χ0) is 10.7. The fourth-order valence-corrected chi connectivity index (χ4v) is 2.08. The normalized spacial score (nSPS) is 21.1. The molecule has 0 amide bonds. The topological polar surface area (TPSA) is 63.0 Å². The Morgan fingerprint density at radius 1 is 1.53 bits per heavy atom. The maximum absolute atomic E-state index is 8.85. The fraction of sp³-hybridized carbons (Fsp3) is 0.800. The Balaban J connectivity index is 2.14. The molecule has 0 radical (unpaired) electrons. The van der Waals surface area contributed by atoms with E-state index in [-0.39, 0.29) is 6.61 Å². The highest BCUT2D eigenvalue weighted by molar-refractivity contribution is 5.04. The number of rotatable bonds is 4. The summed E-state index contributed by atoms with van der Waals surface area (Å²) in [7, 11) is 0. The van der Waals surface area contributed by atoms with Gasteiger partial charge >= 0.3 is 0 Å². The summed E-state index contributed by atoms with van der Waals surface area (Å²) in [5.74, 6) is 2.51. The van der Waals surface area contributed by atoms with Crippen LogP contribution in [0.3, 0.4) is 0 Å². The van der Waals surface area contributed by atoms with E-state index >= 15 is 0 Å². The van der Waals surface area contributed by atoms with Crippen molar-refractivity contribution in [2.75, 3.05) is 19.7 Å². The van der Waals surface area contributed by atoms with E-state index in [4.69, 9.17) is 5.11 Å². The summed E-state index contributed by atoms with van der Waals surface area (Å²) in [5, 5.41) is 20.5. The van der Waals surface area contributed by atoms with Crippen molar-refractivity contribution in [2.24, 2.45) is 0 Å². The number of aliphatic hydroxyl groups is 1. The lowest BCUT2D eigenvalue weighted by Crippen LogP contribution is -2.14. The van der Waals surface area contributed by atoms with Crippen molar-refractivity contribution < 1.29 is 5.11 Å². The summed E-state index contributed by atoms with van der Waals surface area (Å²) in [6.07, 6.45) is 1.91. The molecule has 1 unspecified atom stereocenters. The molecule has 2 heterocycles. The summed E-state index contributed by atoms with van der Waals surface area (Å²) in [5.41, 5.74) is 0. The molecule has 0 spiro atoms. The molecule has 1 aromatic heterocycles. The monoisotopic (exact) mass is 210 g/mol. The SMILES string of the molecule is Cc1nnc(C2CCNC2)n1CCCO. The molecule has 1 saturated heterocycles. The molecule has 5 nitrogen and oxygen atoms in total. The Morgan fingerprint density at radius 2 is 2.40 bits per heavy atom. The van der Waals surface area contributed by atoms with Crippen LogP contribution in [0.15, 0.2) is 0 Å². The molecule has 1 aliphatic heterocycles.